The lowest BCUT2D eigenvalue weighted by Crippen LogP contribution is -2.34. The molecule has 6 nitrogen and oxygen atoms in total. The number of Topliss-reactive ketones (excluding diaryl/α,β-unsaturated/α-hetero) is 1. The number of hydrogen-bond acceptors (Lipinski definition) is 4. The molecular weight excluding hydrogens is 569 g/mol. The number of carbonyl (C=O) groups excluding carboxylic acids is 1. The summed E-state index contributed by atoms with van der Waals surface area (Å²) >= 11 is 0. The number of carboxylic acids is 1. The summed E-state index contributed by atoms with van der Waals surface area (Å²) in [5, 5.41) is 9.79. The summed E-state index contributed by atoms with van der Waals surface area (Å²) in [6.07, 6.45) is 1.29. The highest BCUT2D eigenvalue weighted by Crippen LogP contribution is 2.36. The number of pyridine rings is 1. The molecule has 0 spiro atoms. The van der Waals surface area contributed by atoms with Crippen LogP contribution >= 0.6 is 0 Å². The van der Waals surface area contributed by atoms with Gasteiger partial charge in [0, 0.05) is 25.1 Å². The number of rotatable bonds is 13. The van der Waals surface area contributed by atoms with Crippen LogP contribution in [0.3, 0.4) is 0 Å². The number of carboxylic acid groups (broad SMARTS) is 1. The molecule has 0 aliphatic carbocycles. The number of ketones is 1. The van der Waals surface area contributed by atoms with Crippen LogP contribution < -0.4 is 5.56 Å². The first-order chi connectivity index (χ1) is 20.5. The molecule has 0 aliphatic rings. The van der Waals surface area contributed by atoms with Crippen LogP contribution in [-0.4, -0.2) is 47.0 Å². The van der Waals surface area contributed by atoms with Crippen molar-refractivity contribution >= 4 is 11.8 Å². The van der Waals surface area contributed by atoms with E-state index in [4.69, 9.17) is 0 Å². The Bertz CT molecular complexity index is 1590. The van der Waals surface area contributed by atoms with Crippen molar-refractivity contribution in [2.75, 3.05) is 20.6 Å². The molecule has 0 saturated heterocycles. The van der Waals surface area contributed by atoms with Gasteiger partial charge in [0.1, 0.15) is 11.6 Å². The van der Waals surface area contributed by atoms with Crippen molar-refractivity contribution in [3.63, 3.8) is 0 Å². The van der Waals surface area contributed by atoms with Crippen molar-refractivity contribution in [2.45, 2.75) is 79.2 Å². The van der Waals surface area contributed by atoms with E-state index in [0.29, 0.717) is 40.8 Å². The zero-order valence-corrected chi connectivity index (χ0v) is 26.9. The predicted octanol–water partition coefficient (Wildman–Crippen LogP) is 7.08. The second-order valence-corrected chi connectivity index (χ2v) is 12.6. The molecule has 2 atom stereocenters. The van der Waals surface area contributed by atoms with E-state index in [-0.39, 0.29) is 35.4 Å². The molecule has 238 valence electrons. The van der Waals surface area contributed by atoms with E-state index in [9.17, 15) is 23.9 Å². The largest absolute Gasteiger partial charge is 0.481 e. The van der Waals surface area contributed by atoms with E-state index < -0.39 is 53.1 Å². The third-order valence-electron chi connectivity index (χ3n) is 8.14. The van der Waals surface area contributed by atoms with Crippen molar-refractivity contribution in [3.05, 3.63) is 91.6 Å². The van der Waals surface area contributed by atoms with Gasteiger partial charge >= 0.3 is 5.97 Å². The van der Waals surface area contributed by atoms with Crippen molar-refractivity contribution in [1.29, 1.82) is 0 Å². The Hall–Kier alpha value is -3.72. The Morgan fingerprint density at radius 3 is 2.07 bits per heavy atom. The van der Waals surface area contributed by atoms with Crippen molar-refractivity contribution in [3.8, 4) is 11.1 Å². The number of aromatic nitrogens is 1. The molecule has 2 aromatic carbocycles. The molecule has 44 heavy (non-hydrogen) atoms. The van der Waals surface area contributed by atoms with E-state index in [0.717, 1.165) is 4.57 Å². The zero-order chi connectivity index (χ0) is 33.0. The summed E-state index contributed by atoms with van der Waals surface area (Å²) < 4.78 is 46.1. The van der Waals surface area contributed by atoms with E-state index in [2.05, 4.69) is 0 Å². The number of aryl methyl sites for hydroxylation is 3. The third-order valence-corrected chi connectivity index (χ3v) is 8.14. The first kappa shape index (κ1) is 34.8. The van der Waals surface area contributed by atoms with E-state index in [1.807, 2.05) is 32.8 Å². The molecule has 3 rings (SSSR count). The van der Waals surface area contributed by atoms with E-state index in [1.54, 1.807) is 26.8 Å². The number of likely N-dealkylation sites (N-methyl/N-ethyl adjacent to an activating group) is 1. The molecule has 1 heterocycles. The minimum Gasteiger partial charge on any atom is -0.481 e. The lowest BCUT2D eigenvalue weighted by Gasteiger charge is -2.25. The van der Waals surface area contributed by atoms with Crippen molar-refractivity contribution < 1.29 is 27.9 Å². The summed E-state index contributed by atoms with van der Waals surface area (Å²) in [5.41, 5.74) is 2.75. The third kappa shape index (κ3) is 8.05. The van der Waals surface area contributed by atoms with Gasteiger partial charge in [-0.2, -0.15) is 0 Å². The first-order valence-corrected chi connectivity index (χ1v) is 14.9. The highest BCUT2D eigenvalue weighted by atomic mass is 19.1. The van der Waals surface area contributed by atoms with Crippen LogP contribution in [0.2, 0.25) is 0 Å². The lowest BCUT2D eigenvalue weighted by atomic mass is 9.84. The van der Waals surface area contributed by atoms with Crippen LogP contribution in [0.1, 0.15) is 78.5 Å². The Morgan fingerprint density at radius 2 is 1.52 bits per heavy atom. The number of aliphatic carboxylic acids is 1. The average Bonchev–Trinajstić information content (AvgIpc) is 2.90. The van der Waals surface area contributed by atoms with Crippen molar-refractivity contribution in [1.82, 2.24) is 9.47 Å². The van der Waals surface area contributed by atoms with Crippen molar-refractivity contribution in [2.24, 2.45) is 5.92 Å². The maximum Gasteiger partial charge on any atom is 0.303 e. The van der Waals surface area contributed by atoms with Gasteiger partial charge in [-0.3, -0.25) is 14.4 Å². The number of benzene rings is 2. The maximum absolute atomic E-state index is 15.7. The molecule has 0 saturated carbocycles. The normalized spacial score (nSPS) is 13.0. The van der Waals surface area contributed by atoms with Gasteiger partial charge in [0.2, 0.25) is 0 Å². The van der Waals surface area contributed by atoms with Gasteiger partial charge in [-0.15, -0.1) is 0 Å². The summed E-state index contributed by atoms with van der Waals surface area (Å²) in [6.45, 7) is 10.9. The number of hydrogen-bond donors (Lipinski definition) is 1. The molecule has 1 unspecified atom stereocenters. The van der Waals surface area contributed by atoms with Gasteiger partial charge < -0.3 is 14.6 Å². The summed E-state index contributed by atoms with van der Waals surface area (Å²) in [5.74, 6) is -4.78. The monoisotopic (exact) mass is 612 g/mol. The minimum absolute atomic E-state index is 0.0521. The Balaban J connectivity index is 2.13. The molecular formula is C35H43F3N2O4. The maximum atomic E-state index is 15.7. The van der Waals surface area contributed by atoms with Gasteiger partial charge in [-0.25, -0.2) is 13.2 Å². The van der Waals surface area contributed by atoms with Crippen LogP contribution in [0.25, 0.3) is 11.1 Å². The average molecular weight is 613 g/mol. The molecule has 0 amide bonds. The van der Waals surface area contributed by atoms with Crippen LogP contribution in [-0.2, 0) is 16.0 Å². The molecule has 1 aromatic heterocycles. The fourth-order valence-corrected chi connectivity index (χ4v) is 5.90. The van der Waals surface area contributed by atoms with E-state index >= 15 is 8.78 Å². The fraction of sp³-hybridized carbons (Fsp3) is 0.457. The van der Waals surface area contributed by atoms with Crippen LogP contribution in [0.15, 0.2) is 35.3 Å². The lowest BCUT2D eigenvalue weighted by molar-refractivity contribution is -0.137. The second-order valence-electron chi connectivity index (χ2n) is 12.6. The molecule has 0 bridgehead atoms. The molecule has 0 fully saturated rings. The SMILES string of the molecule is Cc1cc(-c2c(C)cc(F)cc2C)cc([C@H](CC(=O)O)CC(=O)C(CC(C)C)n2cc(CCN(C)C)c(C)c(F)c2=O)c1F. The number of nitrogens with zero attached hydrogens (tertiary/aromatic N) is 2. The fourth-order valence-electron chi connectivity index (χ4n) is 5.90. The summed E-state index contributed by atoms with van der Waals surface area (Å²) in [7, 11) is 3.76. The molecule has 9 heteroatoms. The highest BCUT2D eigenvalue weighted by Gasteiger charge is 2.31. The number of carbonyl (C=O) groups is 2. The first-order valence-electron chi connectivity index (χ1n) is 14.9. The number of halogens is 3. The molecule has 0 aliphatic heterocycles. The Kier molecular flexibility index (Phi) is 11.4. The predicted molar refractivity (Wildman–Crippen MR) is 167 cm³/mol. The molecule has 0 radical (unpaired) electrons. The quantitative estimate of drug-likeness (QED) is 0.223. The summed E-state index contributed by atoms with van der Waals surface area (Å²) in [6, 6.07) is 4.84. The Labute approximate surface area is 257 Å². The molecule has 1 N–H and O–H groups in total. The smallest absolute Gasteiger partial charge is 0.303 e. The van der Waals surface area contributed by atoms with Gasteiger partial charge in [-0.1, -0.05) is 13.8 Å². The van der Waals surface area contributed by atoms with Gasteiger partial charge in [0.25, 0.3) is 5.56 Å². The zero-order valence-electron chi connectivity index (χ0n) is 26.9. The second kappa shape index (κ2) is 14.4. The minimum atomic E-state index is -1.22. The van der Waals surface area contributed by atoms with Gasteiger partial charge in [-0.05, 0) is 129 Å². The highest BCUT2D eigenvalue weighted by molar-refractivity contribution is 5.84. The van der Waals surface area contributed by atoms with Crippen LogP contribution in [0.5, 0.6) is 0 Å². The standard InChI is InChI=1S/C35H43F3N2O4/c1-19(2)11-29(40-18-24(9-10-39(7)8)23(6)34(38)35(40)44)30(41)16-25(17-31(42)43)28-15-26(12-22(5)33(28)37)32-20(3)13-27(36)14-21(32)4/h12-15,18-19,25,29H,9-11,16-17H2,1-8H3,(H,42,43)/t25-,29?/m0/s1. The van der Waals surface area contributed by atoms with Crippen LogP contribution in [0.4, 0.5) is 13.2 Å². The van der Waals surface area contributed by atoms with E-state index in [1.165, 1.54) is 31.3 Å². The van der Waals surface area contributed by atoms with Crippen LogP contribution in [0, 0.1) is 51.1 Å². The van der Waals surface area contributed by atoms with Gasteiger partial charge in [0.05, 0.1) is 12.5 Å². The Morgan fingerprint density at radius 1 is 0.909 bits per heavy atom. The topological polar surface area (TPSA) is 79.6 Å². The molecule has 3 aromatic rings. The van der Waals surface area contributed by atoms with Gasteiger partial charge in [0.15, 0.2) is 11.6 Å². The summed E-state index contributed by atoms with van der Waals surface area (Å²) in [4.78, 5) is 41.1.